The molecule has 3 N–H and O–H groups in total. The molecule has 2 heterocycles. The lowest BCUT2D eigenvalue weighted by Gasteiger charge is -2.11. The molecule has 9 heteroatoms. The van der Waals surface area contributed by atoms with Crippen LogP contribution in [-0.4, -0.2) is 20.5 Å². The Labute approximate surface area is 123 Å². The Morgan fingerprint density at radius 3 is 2.86 bits per heavy atom. The van der Waals surface area contributed by atoms with E-state index in [9.17, 15) is 18.7 Å². The maximum Gasteiger partial charge on any atom is 0.324 e. The fourth-order valence-corrected chi connectivity index (χ4v) is 2.28. The van der Waals surface area contributed by atoms with E-state index in [4.69, 9.17) is 0 Å². The molecule has 0 aliphatic heterocycles. The molecule has 112 valence electrons. The molecule has 0 unspecified atom stereocenters. The second-order valence-electron chi connectivity index (χ2n) is 4.08. The van der Waals surface area contributed by atoms with Crippen LogP contribution >= 0.6 is 11.5 Å². The van der Waals surface area contributed by atoms with Crippen molar-refractivity contribution in [1.29, 1.82) is 0 Å². The number of carbonyl (C=O) groups is 1. The lowest BCUT2D eigenvalue weighted by molar-refractivity contribution is 0.147. The number of nitrogens with zero attached hydrogens (tertiary/aromatic N) is 2. The number of hydrogen-bond donors (Lipinski definition) is 3. The Morgan fingerprint density at radius 1 is 1.48 bits per heavy atom. The smallest absolute Gasteiger partial charge is 0.324 e. The van der Waals surface area contributed by atoms with Gasteiger partial charge in [0.15, 0.2) is 0 Å². The monoisotopic (exact) mass is 314 g/mol. The number of aliphatic hydroxyl groups excluding tert-OH is 1. The van der Waals surface area contributed by atoms with Crippen molar-refractivity contribution in [3.05, 3.63) is 35.3 Å². The molecule has 21 heavy (non-hydrogen) atoms. The van der Waals surface area contributed by atoms with Gasteiger partial charge in [-0.25, -0.2) is 13.6 Å². The Kier molecular flexibility index (Phi) is 4.76. The number of nitrogens with one attached hydrogen (secondary N) is 2. The molecule has 0 fully saturated rings. The van der Waals surface area contributed by atoms with Gasteiger partial charge in [-0.3, -0.25) is 10.3 Å². The molecule has 2 amide bonds. The summed E-state index contributed by atoms with van der Waals surface area (Å²) in [7, 11) is 0. The van der Waals surface area contributed by atoms with Crippen molar-refractivity contribution in [2.75, 3.05) is 10.6 Å². The molecule has 0 radical (unpaired) electrons. The summed E-state index contributed by atoms with van der Waals surface area (Å²) in [4.78, 5) is 15.8. The van der Waals surface area contributed by atoms with Crippen molar-refractivity contribution in [3.63, 3.8) is 0 Å². The Morgan fingerprint density at radius 2 is 2.24 bits per heavy atom. The summed E-state index contributed by atoms with van der Waals surface area (Å²) in [5.41, 5.74) is 1.10. The number of pyridine rings is 1. The molecule has 0 saturated heterocycles. The summed E-state index contributed by atoms with van der Waals surface area (Å²) >= 11 is 0.766. The van der Waals surface area contributed by atoms with Gasteiger partial charge in [-0.15, -0.1) is 0 Å². The summed E-state index contributed by atoms with van der Waals surface area (Å²) in [5.74, 6) is 0. The molecule has 2 aromatic rings. The number of carbonyl (C=O) groups excluding carboxylic acids is 1. The van der Waals surface area contributed by atoms with Crippen molar-refractivity contribution in [1.82, 2.24) is 9.36 Å². The molecule has 0 atom stereocenters. The van der Waals surface area contributed by atoms with Crippen LogP contribution < -0.4 is 10.6 Å². The van der Waals surface area contributed by atoms with E-state index in [1.807, 2.05) is 0 Å². The van der Waals surface area contributed by atoms with Gasteiger partial charge in [0, 0.05) is 23.5 Å². The van der Waals surface area contributed by atoms with Gasteiger partial charge < -0.3 is 10.4 Å². The highest BCUT2D eigenvalue weighted by Gasteiger charge is 2.14. The zero-order valence-electron chi connectivity index (χ0n) is 10.9. The van der Waals surface area contributed by atoms with Crippen molar-refractivity contribution in [2.45, 2.75) is 20.0 Å². The van der Waals surface area contributed by atoms with Crippen molar-refractivity contribution >= 4 is 28.3 Å². The van der Waals surface area contributed by atoms with Crippen LogP contribution in [0.5, 0.6) is 0 Å². The molecule has 0 aliphatic carbocycles. The van der Waals surface area contributed by atoms with Crippen LogP contribution in [0.25, 0.3) is 0 Å². The number of alkyl halides is 2. The molecule has 0 aromatic carbocycles. The first-order valence-corrected chi connectivity index (χ1v) is 6.66. The second-order valence-corrected chi connectivity index (χ2v) is 4.88. The largest absolute Gasteiger partial charge is 0.392 e. The first-order chi connectivity index (χ1) is 10.0. The van der Waals surface area contributed by atoms with Crippen LogP contribution in [0.1, 0.15) is 23.4 Å². The molecular formula is C12H12F2N4O2S. The van der Waals surface area contributed by atoms with Gasteiger partial charge in [0.25, 0.3) is 6.43 Å². The first-order valence-electron chi connectivity index (χ1n) is 5.89. The number of aliphatic hydroxyl groups is 1. The minimum absolute atomic E-state index is 0.208. The molecule has 0 bridgehead atoms. The number of anilines is 2. The van der Waals surface area contributed by atoms with E-state index < -0.39 is 12.5 Å². The summed E-state index contributed by atoms with van der Waals surface area (Å²) in [6, 6.07) is 2.04. The highest BCUT2D eigenvalue weighted by atomic mass is 32.1. The molecule has 0 aliphatic rings. The van der Waals surface area contributed by atoms with Gasteiger partial charge in [-0.1, -0.05) is 0 Å². The highest BCUT2D eigenvalue weighted by Crippen LogP contribution is 2.25. The molecule has 2 rings (SSSR count). The molecular weight excluding hydrogens is 302 g/mol. The Hall–Kier alpha value is -2.13. The van der Waals surface area contributed by atoms with Crippen LogP contribution in [0.15, 0.2) is 18.3 Å². The third-order valence-corrected chi connectivity index (χ3v) is 3.38. The Balaban J connectivity index is 2.06. The molecule has 0 saturated carbocycles. The zero-order valence-corrected chi connectivity index (χ0v) is 11.7. The summed E-state index contributed by atoms with van der Waals surface area (Å²) in [5, 5.41) is 14.4. The van der Waals surface area contributed by atoms with E-state index in [1.54, 1.807) is 6.92 Å². The lowest BCUT2D eigenvalue weighted by atomic mass is 10.2. The normalized spacial score (nSPS) is 10.7. The molecule has 2 aromatic heterocycles. The van der Waals surface area contributed by atoms with Crippen molar-refractivity contribution in [3.8, 4) is 0 Å². The lowest BCUT2D eigenvalue weighted by Crippen LogP contribution is -2.20. The van der Waals surface area contributed by atoms with Gasteiger partial charge in [0.1, 0.15) is 10.7 Å². The third kappa shape index (κ3) is 3.70. The minimum atomic E-state index is -2.68. The van der Waals surface area contributed by atoms with Gasteiger partial charge in [0.2, 0.25) is 0 Å². The number of rotatable bonds is 4. The summed E-state index contributed by atoms with van der Waals surface area (Å²) < 4.78 is 28.3. The number of urea groups is 1. The van der Waals surface area contributed by atoms with E-state index in [2.05, 4.69) is 20.0 Å². The van der Waals surface area contributed by atoms with Gasteiger partial charge >= 0.3 is 6.03 Å². The topological polar surface area (TPSA) is 87.1 Å². The van der Waals surface area contributed by atoms with Crippen LogP contribution in [-0.2, 0) is 6.61 Å². The fraction of sp³-hybridized carbons (Fsp3) is 0.250. The summed E-state index contributed by atoms with van der Waals surface area (Å²) in [6.45, 7) is 1.43. The number of aromatic nitrogens is 2. The average Bonchev–Trinajstić information content (AvgIpc) is 2.87. The quantitative estimate of drug-likeness (QED) is 0.810. The first kappa shape index (κ1) is 15.3. The number of halogens is 2. The number of aryl methyl sites for hydroxylation is 1. The Bertz CT molecular complexity index is 648. The molecule has 0 spiro atoms. The van der Waals surface area contributed by atoms with E-state index >= 15 is 0 Å². The third-order valence-electron chi connectivity index (χ3n) is 2.67. The van der Waals surface area contributed by atoms with Gasteiger partial charge in [-0.2, -0.15) is 4.37 Å². The SMILES string of the molecule is Cc1nccc(NC(=O)Nc2cc(C(F)F)ns2)c1CO. The summed E-state index contributed by atoms with van der Waals surface area (Å²) in [6.07, 6.45) is -1.19. The van der Waals surface area contributed by atoms with E-state index in [0.29, 0.717) is 16.9 Å². The standard InChI is InChI=1S/C12H12F2N4O2S/c1-6-7(5-19)8(2-3-15-6)16-12(20)17-10-4-9(11(13)14)18-21-10/h2-4,11,19H,5H2,1H3,(H2,15,16,17,20). The maximum atomic E-state index is 12.4. The minimum Gasteiger partial charge on any atom is -0.392 e. The van der Waals surface area contributed by atoms with Crippen LogP contribution in [0, 0.1) is 6.92 Å². The molecule has 6 nitrogen and oxygen atoms in total. The van der Waals surface area contributed by atoms with E-state index in [0.717, 1.165) is 17.6 Å². The van der Waals surface area contributed by atoms with Crippen molar-refractivity contribution in [2.24, 2.45) is 0 Å². The predicted octanol–water partition coefficient (Wildman–Crippen LogP) is 2.92. The van der Waals surface area contributed by atoms with Gasteiger partial charge in [-0.05, 0) is 24.5 Å². The van der Waals surface area contributed by atoms with Crippen LogP contribution in [0.4, 0.5) is 24.3 Å². The van der Waals surface area contributed by atoms with Crippen molar-refractivity contribution < 1.29 is 18.7 Å². The number of hydrogen-bond acceptors (Lipinski definition) is 5. The van der Waals surface area contributed by atoms with E-state index in [-0.39, 0.29) is 17.3 Å². The van der Waals surface area contributed by atoms with Gasteiger partial charge in [0.05, 0.1) is 12.3 Å². The fourth-order valence-electron chi connectivity index (χ4n) is 1.63. The second kappa shape index (κ2) is 6.55. The highest BCUT2D eigenvalue weighted by molar-refractivity contribution is 7.10. The number of amides is 2. The maximum absolute atomic E-state index is 12.4. The predicted molar refractivity (Wildman–Crippen MR) is 74.6 cm³/mol. The van der Waals surface area contributed by atoms with Crippen LogP contribution in [0.2, 0.25) is 0 Å². The van der Waals surface area contributed by atoms with Crippen LogP contribution in [0.3, 0.4) is 0 Å². The average molecular weight is 314 g/mol. The zero-order chi connectivity index (χ0) is 15.4. The van der Waals surface area contributed by atoms with E-state index in [1.165, 1.54) is 12.3 Å².